The van der Waals surface area contributed by atoms with Crippen molar-refractivity contribution < 1.29 is 9.53 Å². The van der Waals surface area contributed by atoms with E-state index in [9.17, 15) is 9.59 Å². The summed E-state index contributed by atoms with van der Waals surface area (Å²) in [5.74, 6) is -0.393. The van der Waals surface area contributed by atoms with Gasteiger partial charge in [-0.15, -0.1) is 0 Å². The van der Waals surface area contributed by atoms with Crippen LogP contribution in [0.4, 0.5) is 0 Å². The maximum absolute atomic E-state index is 11.2. The Morgan fingerprint density at radius 2 is 2.23 bits per heavy atom. The first-order valence-corrected chi connectivity index (χ1v) is 4.02. The van der Waals surface area contributed by atoms with Gasteiger partial charge in [-0.25, -0.2) is 4.79 Å². The Morgan fingerprint density at radius 3 is 2.69 bits per heavy atom. The Labute approximate surface area is 75.5 Å². The highest BCUT2D eigenvalue weighted by molar-refractivity contribution is 5.69. The number of aromatic nitrogens is 2. The number of esters is 1. The smallest absolute Gasteiger partial charge is 0.328 e. The lowest BCUT2D eigenvalue weighted by atomic mass is 10.6. The van der Waals surface area contributed by atoms with Crippen LogP contribution in [-0.4, -0.2) is 21.7 Å². The molecule has 0 spiro atoms. The van der Waals surface area contributed by atoms with E-state index in [1.54, 1.807) is 26.4 Å². The molecule has 0 saturated heterocycles. The van der Waals surface area contributed by atoms with E-state index in [1.807, 2.05) is 0 Å². The second-order valence-corrected chi connectivity index (χ2v) is 2.62. The van der Waals surface area contributed by atoms with Crippen LogP contribution in [0.25, 0.3) is 0 Å². The Balaban J connectivity index is 2.69. The average molecular weight is 184 g/mol. The molecule has 0 aromatic carbocycles. The van der Waals surface area contributed by atoms with Gasteiger partial charge >= 0.3 is 11.7 Å². The molecule has 1 aromatic rings. The van der Waals surface area contributed by atoms with E-state index in [0.29, 0.717) is 6.61 Å². The van der Waals surface area contributed by atoms with Crippen molar-refractivity contribution in [3.63, 3.8) is 0 Å². The van der Waals surface area contributed by atoms with Gasteiger partial charge < -0.3 is 9.30 Å². The predicted molar refractivity (Wildman–Crippen MR) is 46.3 cm³/mol. The minimum Gasteiger partial charge on any atom is -0.465 e. The van der Waals surface area contributed by atoms with Gasteiger partial charge in [0, 0.05) is 19.4 Å². The van der Waals surface area contributed by atoms with E-state index in [2.05, 4.69) is 0 Å². The molecule has 0 radical (unpaired) electrons. The molecule has 5 nitrogen and oxygen atoms in total. The predicted octanol–water partition coefficient (Wildman–Crippen LogP) is -0.250. The summed E-state index contributed by atoms with van der Waals surface area (Å²) in [5, 5.41) is 0. The summed E-state index contributed by atoms with van der Waals surface area (Å²) in [5.41, 5.74) is -0.215. The fourth-order valence-corrected chi connectivity index (χ4v) is 0.977. The highest BCUT2D eigenvalue weighted by Gasteiger charge is 2.05. The molecule has 0 saturated carbocycles. The summed E-state index contributed by atoms with van der Waals surface area (Å²) in [7, 11) is 1.63. The number of rotatable bonds is 3. The Kier molecular flexibility index (Phi) is 2.89. The average Bonchev–Trinajstić information content (AvgIpc) is 2.37. The van der Waals surface area contributed by atoms with Gasteiger partial charge in [0.15, 0.2) is 0 Å². The van der Waals surface area contributed by atoms with E-state index in [1.165, 1.54) is 9.13 Å². The molecule has 0 aliphatic rings. The minimum absolute atomic E-state index is 0.0203. The number of hydrogen-bond donors (Lipinski definition) is 0. The van der Waals surface area contributed by atoms with Gasteiger partial charge in [-0.2, -0.15) is 0 Å². The lowest BCUT2D eigenvalue weighted by molar-refractivity contribution is -0.143. The van der Waals surface area contributed by atoms with Gasteiger partial charge in [0.2, 0.25) is 0 Å². The van der Waals surface area contributed by atoms with Gasteiger partial charge in [-0.1, -0.05) is 0 Å². The molecular weight excluding hydrogens is 172 g/mol. The van der Waals surface area contributed by atoms with Crippen LogP contribution < -0.4 is 5.69 Å². The first-order valence-electron chi connectivity index (χ1n) is 4.02. The molecule has 0 N–H and O–H groups in total. The SMILES string of the molecule is CCOC(=O)Cn1ccn(C)c1=O. The summed E-state index contributed by atoms with van der Waals surface area (Å²) in [6.45, 7) is 2.04. The lowest BCUT2D eigenvalue weighted by Crippen LogP contribution is -2.26. The van der Waals surface area contributed by atoms with Crippen LogP contribution in [0.2, 0.25) is 0 Å². The highest BCUT2D eigenvalue weighted by Crippen LogP contribution is 1.85. The van der Waals surface area contributed by atoms with Crippen LogP contribution in [0.5, 0.6) is 0 Å². The van der Waals surface area contributed by atoms with E-state index >= 15 is 0 Å². The van der Waals surface area contributed by atoms with Crippen LogP contribution in [0.3, 0.4) is 0 Å². The number of hydrogen-bond acceptors (Lipinski definition) is 3. The van der Waals surface area contributed by atoms with Crippen LogP contribution in [0.15, 0.2) is 17.2 Å². The topological polar surface area (TPSA) is 53.2 Å². The molecule has 0 atom stereocenters. The van der Waals surface area contributed by atoms with Crippen LogP contribution >= 0.6 is 0 Å². The first kappa shape index (κ1) is 9.57. The van der Waals surface area contributed by atoms with Crippen molar-refractivity contribution in [3.8, 4) is 0 Å². The normalized spacial score (nSPS) is 10.0. The molecule has 1 rings (SSSR count). The van der Waals surface area contributed by atoms with Crippen LogP contribution in [0, 0.1) is 0 Å². The molecule has 1 heterocycles. The highest BCUT2D eigenvalue weighted by atomic mass is 16.5. The van der Waals surface area contributed by atoms with Crippen molar-refractivity contribution in [2.45, 2.75) is 13.5 Å². The van der Waals surface area contributed by atoms with E-state index in [-0.39, 0.29) is 12.2 Å². The summed E-state index contributed by atoms with van der Waals surface area (Å²) in [4.78, 5) is 22.2. The number of carbonyl (C=O) groups excluding carboxylic acids is 1. The van der Waals surface area contributed by atoms with Gasteiger partial charge in [-0.05, 0) is 6.92 Å². The maximum Gasteiger partial charge on any atom is 0.328 e. The first-order chi connectivity index (χ1) is 6.15. The molecule has 0 bridgehead atoms. The van der Waals surface area contributed by atoms with Gasteiger partial charge in [0.1, 0.15) is 6.54 Å². The number of nitrogens with zero attached hydrogens (tertiary/aromatic N) is 2. The molecule has 72 valence electrons. The second-order valence-electron chi connectivity index (χ2n) is 2.62. The molecule has 0 aliphatic carbocycles. The van der Waals surface area contributed by atoms with Crippen molar-refractivity contribution in [2.75, 3.05) is 6.61 Å². The quantitative estimate of drug-likeness (QED) is 0.609. The summed E-state index contributed by atoms with van der Waals surface area (Å²) in [6.07, 6.45) is 3.15. The zero-order valence-corrected chi connectivity index (χ0v) is 7.69. The van der Waals surface area contributed by atoms with Crippen molar-refractivity contribution in [2.24, 2.45) is 7.05 Å². The third kappa shape index (κ3) is 2.21. The van der Waals surface area contributed by atoms with E-state index in [0.717, 1.165) is 0 Å². The van der Waals surface area contributed by atoms with Crippen LogP contribution in [-0.2, 0) is 23.1 Å². The van der Waals surface area contributed by atoms with Crippen molar-refractivity contribution in [1.82, 2.24) is 9.13 Å². The van der Waals surface area contributed by atoms with Crippen molar-refractivity contribution in [1.29, 1.82) is 0 Å². The number of ether oxygens (including phenoxy) is 1. The maximum atomic E-state index is 11.2. The van der Waals surface area contributed by atoms with Gasteiger partial charge in [0.25, 0.3) is 0 Å². The Hall–Kier alpha value is -1.52. The molecule has 0 fully saturated rings. The van der Waals surface area contributed by atoms with Crippen molar-refractivity contribution in [3.05, 3.63) is 22.9 Å². The molecule has 0 aliphatic heterocycles. The number of aryl methyl sites for hydroxylation is 1. The molecule has 1 aromatic heterocycles. The third-order valence-corrected chi connectivity index (χ3v) is 1.62. The molecular formula is C8H12N2O3. The van der Waals surface area contributed by atoms with E-state index in [4.69, 9.17) is 4.74 Å². The zero-order valence-electron chi connectivity index (χ0n) is 7.69. The van der Waals surface area contributed by atoms with E-state index < -0.39 is 5.97 Å². The van der Waals surface area contributed by atoms with Crippen molar-refractivity contribution >= 4 is 5.97 Å². The molecule has 13 heavy (non-hydrogen) atoms. The Bertz CT molecular complexity index is 351. The number of imidazole rings is 1. The second kappa shape index (κ2) is 3.93. The Morgan fingerprint density at radius 1 is 1.54 bits per heavy atom. The largest absolute Gasteiger partial charge is 0.465 e. The fourth-order valence-electron chi connectivity index (χ4n) is 0.977. The lowest BCUT2D eigenvalue weighted by Gasteiger charge is -2.00. The minimum atomic E-state index is -0.393. The monoisotopic (exact) mass is 184 g/mol. The van der Waals surface area contributed by atoms with Gasteiger partial charge in [0.05, 0.1) is 6.61 Å². The fraction of sp³-hybridized carbons (Fsp3) is 0.500. The zero-order chi connectivity index (χ0) is 9.84. The molecule has 5 heteroatoms. The molecule has 0 unspecified atom stereocenters. The number of carbonyl (C=O) groups is 1. The summed E-state index contributed by atoms with van der Waals surface area (Å²) < 4.78 is 7.41. The summed E-state index contributed by atoms with van der Waals surface area (Å²) in [6, 6.07) is 0. The van der Waals surface area contributed by atoms with Gasteiger partial charge in [-0.3, -0.25) is 9.36 Å². The van der Waals surface area contributed by atoms with Crippen LogP contribution in [0.1, 0.15) is 6.92 Å². The standard InChI is InChI=1S/C8H12N2O3/c1-3-13-7(11)6-10-5-4-9(2)8(10)12/h4-5H,3,6H2,1-2H3. The third-order valence-electron chi connectivity index (χ3n) is 1.62. The molecule has 0 amide bonds. The summed E-state index contributed by atoms with van der Waals surface area (Å²) >= 11 is 0.